The minimum absolute atomic E-state index is 0.212. The fourth-order valence-electron chi connectivity index (χ4n) is 4.07. The number of carbonyl (C=O) groups excluding carboxylic acids is 2. The summed E-state index contributed by atoms with van der Waals surface area (Å²) in [7, 11) is 0. The van der Waals surface area contributed by atoms with E-state index in [1.54, 1.807) is 37.3 Å². The topological polar surface area (TPSA) is 61.8 Å². The fraction of sp³-hybridized carbons (Fsp3) is 0.375. The Hall–Kier alpha value is -3.67. The Kier molecular flexibility index (Phi) is 11.3. The highest BCUT2D eigenvalue weighted by Crippen LogP contribution is 2.29. The van der Waals surface area contributed by atoms with Crippen molar-refractivity contribution in [3.63, 3.8) is 0 Å². The normalized spacial score (nSPS) is 11.6. The van der Waals surface area contributed by atoms with E-state index in [0.29, 0.717) is 23.3 Å². The molecule has 0 aliphatic rings. The van der Waals surface area contributed by atoms with Crippen LogP contribution in [-0.4, -0.2) is 31.3 Å². The van der Waals surface area contributed by atoms with Crippen molar-refractivity contribution in [1.82, 2.24) is 0 Å². The number of carbonyl (C=O) groups is 2. The lowest BCUT2D eigenvalue weighted by atomic mass is 9.99. The summed E-state index contributed by atoms with van der Waals surface area (Å²) in [5.74, 6) is -0.772. The van der Waals surface area contributed by atoms with Gasteiger partial charge in [-0.25, -0.2) is 14.0 Å². The molecule has 0 spiro atoms. The highest BCUT2D eigenvalue weighted by Gasteiger charge is 2.20. The molecule has 0 radical (unpaired) electrons. The highest BCUT2D eigenvalue weighted by molar-refractivity contribution is 5.92. The molecule has 0 aliphatic carbocycles. The van der Waals surface area contributed by atoms with Gasteiger partial charge < -0.3 is 14.2 Å². The zero-order valence-corrected chi connectivity index (χ0v) is 22.5. The first-order valence-electron chi connectivity index (χ1n) is 13.4. The Bertz CT molecular complexity index is 1170. The fourth-order valence-corrected chi connectivity index (χ4v) is 4.07. The Morgan fingerprint density at radius 1 is 0.789 bits per heavy atom. The molecule has 0 heterocycles. The van der Waals surface area contributed by atoms with Gasteiger partial charge >= 0.3 is 11.9 Å². The molecular weight excluding hydrogens is 483 g/mol. The predicted octanol–water partition coefficient (Wildman–Crippen LogP) is 8.01. The molecule has 0 fully saturated rings. The summed E-state index contributed by atoms with van der Waals surface area (Å²) in [6.07, 6.45) is 6.29. The molecule has 0 N–H and O–H groups in total. The first-order chi connectivity index (χ1) is 18.4. The van der Waals surface area contributed by atoms with Crippen LogP contribution in [0.2, 0.25) is 0 Å². The zero-order valence-electron chi connectivity index (χ0n) is 22.5. The molecule has 0 aliphatic heterocycles. The van der Waals surface area contributed by atoms with Crippen molar-refractivity contribution in [3.8, 4) is 28.0 Å². The van der Waals surface area contributed by atoms with Crippen LogP contribution in [0.4, 0.5) is 4.39 Å². The van der Waals surface area contributed by atoms with Gasteiger partial charge in [-0.3, -0.25) is 0 Å². The summed E-state index contributed by atoms with van der Waals surface area (Å²) in [5.41, 5.74) is 3.01. The number of hydrogen-bond acceptors (Lipinski definition) is 5. The van der Waals surface area contributed by atoms with Gasteiger partial charge in [-0.05, 0) is 67.3 Å². The third-order valence-electron chi connectivity index (χ3n) is 6.26. The summed E-state index contributed by atoms with van der Waals surface area (Å²) >= 11 is 0. The molecule has 0 bridgehead atoms. The number of ether oxygens (including phenoxy) is 3. The molecule has 5 nitrogen and oxygen atoms in total. The maximum absolute atomic E-state index is 15.0. The summed E-state index contributed by atoms with van der Waals surface area (Å²) < 4.78 is 30.9. The lowest BCUT2D eigenvalue weighted by Gasteiger charge is -2.12. The third-order valence-corrected chi connectivity index (χ3v) is 6.26. The predicted molar refractivity (Wildman–Crippen MR) is 148 cm³/mol. The standard InChI is InChI=1S/C32H37FO5/c1-4-6-7-8-9-10-21-37-28-18-15-25(16-19-28)29-20-17-27(22-30(29)33)24-11-13-26(14-12-24)32(35)38-23(3)31(34)36-5-2/h11-20,22-23H,4-10,21H2,1-3H3. The summed E-state index contributed by atoms with van der Waals surface area (Å²) in [5, 5.41) is 0. The first-order valence-corrected chi connectivity index (χ1v) is 13.4. The van der Waals surface area contributed by atoms with Crippen LogP contribution >= 0.6 is 0 Å². The SMILES string of the molecule is CCCCCCCCOc1ccc(-c2ccc(-c3ccc(C(=O)OC(C)C(=O)OCC)cc3)cc2F)cc1. The molecule has 202 valence electrons. The quantitative estimate of drug-likeness (QED) is 0.159. The minimum atomic E-state index is -0.996. The van der Waals surface area contributed by atoms with Gasteiger partial charge in [0.1, 0.15) is 11.6 Å². The van der Waals surface area contributed by atoms with Crippen LogP contribution in [-0.2, 0) is 14.3 Å². The van der Waals surface area contributed by atoms with Gasteiger partial charge in [0.25, 0.3) is 0 Å². The van der Waals surface area contributed by atoms with Crippen molar-refractivity contribution >= 4 is 11.9 Å². The minimum Gasteiger partial charge on any atom is -0.494 e. The van der Waals surface area contributed by atoms with Crippen molar-refractivity contribution < 1.29 is 28.2 Å². The van der Waals surface area contributed by atoms with Crippen LogP contribution in [0.25, 0.3) is 22.3 Å². The van der Waals surface area contributed by atoms with Gasteiger partial charge in [0, 0.05) is 5.56 Å². The van der Waals surface area contributed by atoms with Gasteiger partial charge in [-0.15, -0.1) is 0 Å². The number of esters is 2. The molecule has 0 aromatic heterocycles. The average Bonchev–Trinajstić information content (AvgIpc) is 2.93. The summed E-state index contributed by atoms with van der Waals surface area (Å²) in [6.45, 7) is 6.26. The molecule has 6 heteroatoms. The first kappa shape index (κ1) is 28.9. The molecule has 38 heavy (non-hydrogen) atoms. The van der Waals surface area contributed by atoms with E-state index in [9.17, 15) is 9.59 Å². The molecular formula is C32H37FO5. The Morgan fingerprint density at radius 2 is 1.42 bits per heavy atom. The van der Waals surface area contributed by atoms with E-state index in [1.807, 2.05) is 30.3 Å². The van der Waals surface area contributed by atoms with Gasteiger partial charge in [-0.1, -0.05) is 75.4 Å². The van der Waals surface area contributed by atoms with Crippen molar-refractivity contribution in [3.05, 3.63) is 78.1 Å². The molecule has 0 saturated carbocycles. The lowest BCUT2D eigenvalue weighted by Crippen LogP contribution is -2.26. The molecule has 3 aromatic carbocycles. The Labute approximate surface area is 224 Å². The van der Waals surface area contributed by atoms with Gasteiger partial charge in [0.15, 0.2) is 6.10 Å². The van der Waals surface area contributed by atoms with E-state index in [1.165, 1.54) is 45.1 Å². The second kappa shape index (κ2) is 14.9. The third kappa shape index (κ3) is 8.44. The molecule has 3 rings (SSSR count). The number of benzene rings is 3. The molecule has 0 saturated heterocycles. The molecule has 1 unspecified atom stereocenters. The summed E-state index contributed by atoms with van der Waals surface area (Å²) in [4.78, 5) is 24.0. The van der Waals surface area contributed by atoms with E-state index >= 15 is 4.39 Å². The maximum Gasteiger partial charge on any atom is 0.347 e. The van der Waals surface area contributed by atoms with Crippen molar-refractivity contribution in [2.24, 2.45) is 0 Å². The van der Waals surface area contributed by atoms with Crippen LogP contribution in [0.3, 0.4) is 0 Å². The zero-order chi connectivity index (χ0) is 27.3. The van der Waals surface area contributed by atoms with Crippen molar-refractivity contribution in [2.75, 3.05) is 13.2 Å². The average molecular weight is 521 g/mol. The largest absolute Gasteiger partial charge is 0.494 e. The number of unbranched alkanes of at least 4 members (excludes halogenated alkanes) is 5. The Balaban J connectivity index is 1.57. The second-order valence-corrected chi connectivity index (χ2v) is 9.21. The van der Waals surface area contributed by atoms with Crippen LogP contribution in [0.5, 0.6) is 5.75 Å². The number of rotatable bonds is 14. The lowest BCUT2D eigenvalue weighted by molar-refractivity contribution is -0.152. The smallest absolute Gasteiger partial charge is 0.347 e. The van der Waals surface area contributed by atoms with E-state index in [2.05, 4.69) is 6.92 Å². The summed E-state index contributed by atoms with van der Waals surface area (Å²) in [6, 6.07) is 19.2. The van der Waals surface area contributed by atoms with Crippen LogP contribution in [0.15, 0.2) is 66.7 Å². The monoisotopic (exact) mass is 520 g/mol. The molecule has 1 atom stereocenters. The van der Waals surface area contributed by atoms with E-state index in [-0.39, 0.29) is 12.4 Å². The molecule has 0 amide bonds. The Morgan fingerprint density at radius 3 is 2.08 bits per heavy atom. The van der Waals surface area contributed by atoms with Gasteiger partial charge in [0.2, 0.25) is 0 Å². The van der Waals surface area contributed by atoms with E-state index < -0.39 is 18.0 Å². The van der Waals surface area contributed by atoms with Crippen LogP contribution < -0.4 is 4.74 Å². The molecule has 3 aromatic rings. The van der Waals surface area contributed by atoms with Gasteiger partial charge in [-0.2, -0.15) is 0 Å². The van der Waals surface area contributed by atoms with Crippen molar-refractivity contribution in [1.29, 1.82) is 0 Å². The van der Waals surface area contributed by atoms with Crippen LogP contribution in [0.1, 0.15) is 69.7 Å². The highest BCUT2D eigenvalue weighted by atomic mass is 19.1. The van der Waals surface area contributed by atoms with Crippen LogP contribution in [0, 0.1) is 5.82 Å². The maximum atomic E-state index is 15.0. The van der Waals surface area contributed by atoms with Crippen molar-refractivity contribution in [2.45, 2.75) is 65.4 Å². The van der Waals surface area contributed by atoms with Gasteiger partial charge in [0.05, 0.1) is 18.8 Å². The number of halogens is 1. The van der Waals surface area contributed by atoms with E-state index in [4.69, 9.17) is 14.2 Å². The second-order valence-electron chi connectivity index (χ2n) is 9.21. The van der Waals surface area contributed by atoms with E-state index in [0.717, 1.165) is 23.3 Å². The number of hydrogen-bond donors (Lipinski definition) is 0.